The van der Waals surface area contributed by atoms with Gasteiger partial charge in [-0.2, -0.15) is 0 Å². The van der Waals surface area contributed by atoms with E-state index in [2.05, 4.69) is 0 Å². The van der Waals surface area contributed by atoms with Crippen molar-refractivity contribution in [2.45, 2.75) is 18.9 Å². The van der Waals surface area contributed by atoms with Crippen LogP contribution in [0.25, 0.3) is 0 Å². The van der Waals surface area contributed by atoms with Crippen molar-refractivity contribution in [1.29, 1.82) is 0 Å². The molecule has 3 rings (SSSR count). The number of carboxylic acids is 1. The highest BCUT2D eigenvalue weighted by atomic mass is 16.6. The summed E-state index contributed by atoms with van der Waals surface area (Å²) in [5.74, 6) is -0.472. The highest BCUT2D eigenvalue weighted by Crippen LogP contribution is 2.39. The number of benzene rings is 1. The molecule has 0 aromatic heterocycles. The number of hydrogen-bond donors (Lipinski definition) is 2. The van der Waals surface area contributed by atoms with Gasteiger partial charge in [0.2, 0.25) is 0 Å². The van der Waals surface area contributed by atoms with Crippen LogP contribution in [0.2, 0.25) is 0 Å². The summed E-state index contributed by atoms with van der Waals surface area (Å²) < 4.78 is 11.0. The average molecular weight is 290 g/mol. The number of aliphatic hydroxyl groups is 1. The van der Waals surface area contributed by atoms with Gasteiger partial charge in [0.05, 0.1) is 12.0 Å². The minimum absolute atomic E-state index is 0.324. The van der Waals surface area contributed by atoms with Gasteiger partial charge in [0.15, 0.2) is 11.5 Å². The van der Waals surface area contributed by atoms with E-state index in [1.807, 2.05) is 12.2 Å². The molecule has 0 radical (unpaired) electrons. The lowest BCUT2D eigenvalue weighted by Gasteiger charge is -2.30. The van der Waals surface area contributed by atoms with Crippen LogP contribution in [0.15, 0.2) is 30.4 Å². The first kappa shape index (κ1) is 13.9. The third-order valence-electron chi connectivity index (χ3n) is 4.11. The van der Waals surface area contributed by atoms with Gasteiger partial charge in [-0.1, -0.05) is 18.2 Å². The van der Waals surface area contributed by atoms with Gasteiger partial charge >= 0.3 is 5.97 Å². The number of fused-ring (bicyclic) bond motifs is 1. The van der Waals surface area contributed by atoms with Crippen molar-refractivity contribution in [3.63, 3.8) is 0 Å². The van der Waals surface area contributed by atoms with E-state index < -0.39 is 18.0 Å². The molecule has 21 heavy (non-hydrogen) atoms. The second-order valence-electron chi connectivity index (χ2n) is 5.40. The fraction of sp³-hybridized carbons (Fsp3) is 0.438. The molecule has 1 aliphatic heterocycles. The van der Waals surface area contributed by atoms with Crippen molar-refractivity contribution in [1.82, 2.24) is 0 Å². The molecule has 1 aromatic carbocycles. The maximum atomic E-state index is 11.3. The molecule has 0 bridgehead atoms. The van der Waals surface area contributed by atoms with Crippen LogP contribution in [0, 0.1) is 11.8 Å². The van der Waals surface area contributed by atoms with Crippen molar-refractivity contribution in [3.05, 3.63) is 35.9 Å². The molecule has 3 atom stereocenters. The van der Waals surface area contributed by atoms with Crippen LogP contribution in [0.4, 0.5) is 0 Å². The minimum atomic E-state index is -0.860. The Morgan fingerprint density at radius 2 is 1.86 bits per heavy atom. The lowest BCUT2D eigenvalue weighted by molar-refractivity contribution is -0.145. The lowest BCUT2D eigenvalue weighted by atomic mass is 9.77. The zero-order valence-corrected chi connectivity index (χ0v) is 11.6. The van der Waals surface area contributed by atoms with Crippen molar-refractivity contribution in [3.8, 4) is 11.5 Å². The first-order valence-electron chi connectivity index (χ1n) is 7.12. The number of aliphatic carboxylic acids is 1. The molecule has 0 saturated carbocycles. The van der Waals surface area contributed by atoms with Gasteiger partial charge in [0.25, 0.3) is 0 Å². The van der Waals surface area contributed by atoms with Crippen molar-refractivity contribution >= 4 is 5.97 Å². The molecular weight excluding hydrogens is 272 g/mol. The summed E-state index contributed by atoms with van der Waals surface area (Å²) in [7, 11) is 0. The van der Waals surface area contributed by atoms with Gasteiger partial charge in [-0.05, 0) is 30.5 Å². The quantitative estimate of drug-likeness (QED) is 0.834. The van der Waals surface area contributed by atoms with E-state index in [1.54, 1.807) is 18.2 Å². The zero-order valence-electron chi connectivity index (χ0n) is 11.6. The number of carbonyl (C=O) groups is 1. The van der Waals surface area contributed by atoms with E-state index in [1.165, 1.54) is 0 Å². The summed E-state index contributed by atoms with van der Waals surface area (Å²) >= 11 is 0. The maximum Gasteiger partial charge on any atom is 0.307 e. The first-order valence-corrected chi connectivity index (χ1v) is 7.12. The molecule has 5 heteroatoms. The van der Waals surface area contributed by atoms with Gasteiger partial charge in [-0.25, -0.2) is 0 Å². The maximum absolute atomic E-state index is 11.3. The molecule has 5 nitrogen and oxygen atoms in total. The number of carboxylic acid groups (broad SMARTS) is 1. The number of hydrogen-bond acceptors (Lipinski definition) is 4. The fourth-order valence-electron chi connectivity index (χ4n) is 2.96. The third-order valence-corrected chi connectivity index (χ3v) is 4.11. The van der Waals surface area contributed by atoms with Crippen LogP contribution >= 0.6 is 0 Å². The molecule has 2 N–H and O–H groups in total. The first-order chi connectivity index (χ1) is 10.2. The third kappa shape index (κ3) is 2.74. The normalized spacial score (nSPS) is 25.4. The summed E-state index contributed by atoms with van der Waals surface area (Å²) in [6.45, 7) is 1.000. The van der Waals surface area contributed by atoms with E-state index in [4.69, 9.17) is 9.47 Å². The summed E-state index contributed by atoms with van der Waals surface area (Å²) in [5.41, 5.74) is 0.672. The summed E-state index contributed by atoms with van der Waals surface area (Å²) in [4.78, 5) is 11.3. The Morgan fingerprint density at radius 3 is 2.62 bits per heavy atom. The average Bonchev–Trinajstić information content (AvgIpc) is 2.53. The standard InChI is InChI=1S/C16H18O5/c17-15(11-3-1-2-4-12(11)16(18)19)10-5-6-13-14(9-10)21-8-7-20-13/h1-2,5-6,9,11-12,15,17H,3-4,7-8H2,(H,18,19). The summed E-state index contributed by atoms with van der Waals surface area (Å²) in [6.07, 6.45) is 4.00. The predicted octanol–water partition coefficient (Wildman–Crippen LogP) is 2.16. The van der Waals surface area contributed by atoms with Crippen molar-refractivity contribution < 1.29 is 24.5 Å². The Hall–Kier alpha value is -2.01. The van der Waals surface area contributed by atoms with Crippen LogP contribution < -0.4 is 9.47 Å². The Balaban J connectivity index is 1.85. The van der Waals surface area contributed by atoms with Crippen LogP contribution in [-0.2, 0) is 4.79 Å². The molecule has 3 unspecified atom stereocenters. The smallest absolute Gasteiger partial charge is 0.307 e. The highest BCUT2D eigenvalue weighted by molar-refractivity contribution is 5.71. The largest absolute Gasteiger partial charge is 0.486 e. The number of allylic oxidation sites excluding steroid dienone is 2. The topological polar surface area (TPSA) is 76.0 Å². The molecule has 2 aliphatic rings. The Morgan fingerprint density at radius 1 is 1.14 bits per heavy atom. The minimum Gasteiger partial charge on any atom is -0.486 e. The van der Waals surface area contributed by atoms with Crippen LogP contribution in [-0.4, -0.2) is 29.4 Å². The van der Waals surface area contributed by atoms with E-state index >= 15 is 0 Å². The molecule has 112 valence electrons. The van der Waals surface area contributed by atoms with Crippen molar-refractivity contribution in [2.24, 2.45) is 11.8 Å². The number of rotatable bonds is 3. The van der Waals surface area contributed by atoms with Crippen LogP contribution in [0.5, 0.6) is 11.5 Å². The van der Waals surface area contributed by atoms with E-state index in [-0.39, 0.29) is 5.92 Å². The Bertz CT molecular complexity index is 566. The Kier molecular flexibility index (Phi) is 3.84. The fourth-order valence-corrected chi connectivity index (χ4v) is 2.96. The molecule has 1 aromatic rings. The molecule has 0 spiro atoms. The van der Waals surface area contributed by atoms with Gasteiger partial charge in [0, 0.05) is 5.92 Å². The lowest BCUT2D eigenvalue weighted by Crippen LogP contribution is -2.29. The monoisotopic (exact) mass is 290 g/mol. The van der Waals surface area contributed by atoms with E-state index in [9.17, 15) is 15.0 Å². The predicted molar refractivity (Wildman–Crippen MR) is 75.4 cm³/mol. The second kappa shape index (κ2) is 5.77. The second-order valence-corrected chi connectivity index (χ2v) is 5.40. The van der Waals surface area contributed by atoms with Gasteiger partial charge in [-0.15, -0.1) is 0 Å². The molecule has 0 amide bonds. The summed E-state index contributed by atoms with van der Waals surface area (Å²) in [6, 6.07) is 5.29. The van der Waals surface area contributed by atoms with Gasteiger partial charge < -0.3 is 19.7 Å². The van der Waals surface area contributed by atoms with Gasteiger partial charge in [0.1, 0.15) is 13.2 Å². The van der Waals surface area contributed by atoms with Crippen molar-refractivity contribution in [2.75, 3.05) is 13.2 Å². The molecule has 1 heterocycles. The number of ether oxygens (including phenoxy) is 2. The summed E-state index contributed by atoms with van der Waals surface area (Å²) in [5, 5.41) is 19.9. The van der Waals surface area contributed by atoms with E-state index in [0.29, 0.717) is 43.1 Å². The molecule has 0 saturated heterocycles. The van der Waals surface area contributed by atoms with Crippen LogP contribution in [0.1, 0.15) is 24.5 Å². The molecule has 0 fully saturated rings. The van der Waals surface area contributed by atoms with Crippen LogP contribution in [0.3, 0.4) is 0 Å². The SMILES string of the molecule is O=C(O)C1CC=CCC1C(O)c1ccc2c(c1)OCCO2. The highest BCUT2D eigenvalue weighted by Gasteiger charge is 2.34. The van der Waals surface area contributed by atoms with E-state index in [0.717, 1.165) is 0 Å². The zero-order chi connectivity index (χ0) is 14.8. The molecular formula is C16H18O5. The Labute approximate surface area is 122 Å². The van der Waals surface area contributed by atoms with Gasteiger partial charge in [-0.3, -0.25) is 4.79 Å². The molecule has 1 aliphatic carbocycles. The number of aliphatic hydroxyl groups excluding tert-OH is 1.